The maximum atomic E-state index is 12.7. The van der Waals surface area contributed by atoms with Crippen LogP contribution in [0, 0.1) is 6.92 Å². The van der Waals surface area contributed by atoms with Gasteiger partial charge in [0, 0.05) is 36.7 Å². The molecule has 0 saturated carbocycles. The van der Waals surface area contributed by atoms with Gasteiger partial charge < -0.3 is 10.2 Å². The first-order chi connectivity index (χ1) is 13.4. The van der Waals surface area contributed by atoms with Gasteiger partial charge in [0.25, 0.3) is 17.4 Å². The average molecular weight is 378 g/mol. The number of hydrogen-bond donors (Lipinski definition) is 1. The van der Waals surface area contributed by atoms with Crippen molar-refractivity contribution in [2.75, 3.05) is 18.4 Å². The maximum absolute atomic E-state index is 12.7. The van der Waals surface area contributed by atoms with E-state index >= 15 is 0 Å². The van der Waals surface area contributed by atoms with Gasteiger partial charge in [-0.05, 0) is 50.6 Å². The number of pyridine rings is 1. The molecule has 1 N–H and O–H groups in total. The Bertz CT molecular complexity index is 1100. The summed E-state index contributed by atoms with van der Waals surface area (Å²) in [6.45, 7) is 6.89. The molecule has 0 atom stereocenters. The predicted octanol–water partition coefficient (Wildman–Crippen LogP) is 2.74. The lowest BCUT2D eigenvalue weighted by molar-refractivity contribution is 0.0772. The highest BCUT2D eigenvalue weighted by atomic mass is 16.2. The number of nitrogens with zero attached hydrogens (tertiary/aromatic N) is 3. The molecule has 0 fully saturated rings. The molecule has 7 nitrogen and oxygen atoms in total. The zero-order valence-corrected chi connectivity index (χ0v) is 16.1. The van der Waals surface area contributed by atoms with Crippen LogP contribution in [0.1, 0.15) is 40.1 Å². The van der Waals surface area contributed by atoms with Crippen LogP contribution in [0.3, 0.4) is 0 Å². The van der Waals surface area contributed by atoms with Crippen LogP contribution in [-0.2, 0) is 0 Å². The lowest BCUT2D eigenvalue weighted by Gasteiger charge is -2.19. The van der Waals surface area contributed by atoms with E-state index < -0.39 is 11.5 Å². The number of fused-ring (bicyclic) bond motifs is 1. The van der Waals surface area contributed by atoms with Gasteiger partial charge >= 0.3 is 0 Å². The Morgan fingerprint density at radius 1 is 1.14 bits per heavy atom. The van der Waals surface area contributed by atoms with E-state index in [4.69, 9.17) is 0 Å². The average Bonchev–Trinajstić information content (AvgIpc) is 2.69. The quantitative estimate of drug-likeness (QED) is 0.740. The predicted molar refractivity (Wildman–Crippen MR) is 108 cm³/mol. The molecule has 0 spiro atoms. The Hall–Kier alpha value is -3.48. The van der Waals surface area contributed by atoms with Crippen LogP contribution in [0.2, 0.25) is 0 Å². The number of nitrogens with one attached hydrogen (secondary N) is 1. The summed E-state index contributed by atoms with van der Waals surface area (Å²) in [4.78, 5) is 43.7. The highest BCUT2D eigenvalue weighted by Gasteiger charge is 2.16. The van der Waals surface area contributed by atoms with Crippen molar-refractivity contribution in [3.63, 3.8) is 0 Å². The van der Waals surface area contributed by atoms with Crippen molar-refractivity contribution in [3.8, 4) is 0 Å². The third-order valence-corrected chi connectivity index (χ3v) is 4.51. The van der Waals surface area contributed by atoms with Crippen molar-refractivity contribution < 1.29 is 9.59 Å². The number of hydrogen-bond acceptors (Lipinski definition) is 4. The Kier molecular flexibility index (Phi) is 5.54. The topological polar surface area (TPSA) is 83.8 Å². The third kappa shape index (κ3) is 3.78. The van der Waals surface area contributed by atoms with Gasteiger partial charge in [-0.15, -0.1) is 0 Å². The van der Waals surface area contributed by atoms with Crippen LogP contribution < -0.4 is 10.9 Å². The summed E-state index contributed by atoms with van der Waals surface area (Å²) in [5, 5.41) is 2.69. The summed E-state index contributed by atoms with van der Waals surface area (Å²) in [6, 6.07) is 10.2. The molecule has 0 radical (unpaired) electrons. The van der Waals surface area contributed by atoms with Gasteiger partial charge in [-0.2, -0.15) is 0 Å². The molecule has 0 aliphatic heterocycles. The minimum Gasteiger partial charge on any atom is -0.339 e. The Labute approximate surface area is 162 Å². The second-order valence-electron chi connectivity index (χ2n) is 6.42. The second-order valence-corrected chi connectivity index (χ2v) is 6.42. The van der Waals surface area contributed by atoms with Crippen LogP contribution >= 0.6 is 0 Å². The molecule has 7 heteroatoms. The minimum atomic E-state index is -0.569. The van der Waals surface area contributed by atoms with Crippen molar-refractivity contribution in [2.45, 2.75) is 20.8 Å². The molecule has 0 unspecified atom stereocenters. The first-order valence-electron chi connectivity index (χ1n) is 9.13. The SMILES string of the molecule is CCN(CC)C(=O)c1cccc(NC(=O)c2cnc3ccc(C)cn3c2=O)c1. The normalized spacial score (nSPS) is 10.7. The van der Waals surface area contributed by atoms with E-state index in [0.717, 1.165) is 5.56 Å². The van der Waals surface area contributed by atoms with Gasteiger partial charge in [0.15, 0.2) is 0 Å². The summed E-state index contributed by atoms with van der Waals surface area (Å²) >= 11 is 0. The van der Waals surface area contributed by atoms with Crippen LogP contribution in [0.5, 0.6) is 0 Å². The zero-order chi connectivity index (χ0) is 20.3. The van der Waals surface area contributed by atoms with Crippen molar-refractivity contribution in [1.82, 2.24) is 14.3 Å². The van der Waals surface area contributed by atoms with Crippen molar-refractivity contribution >= 4 is 23.1 Å². The molecule has 3 aromatic rings. The van der Waals surface area contributed by atoms with Gasteiger partial charge in [-0.25, -0.2) is 4.98 Å². The molecule has 2 amide bonds. The molecule has 0 aliphatic rings. The molecule has 3 rings (SSSR count). The highest BCUT2D eigenvalue weighted by molar-refractivity contribution is 6.04. The fourth-order valence-electron chi connectivity index (χ4n) is 2.96. The minimum absolute atomic E-state index is 0.0661. The van der Waals surface area contributed by atoms with Gasteiger partial charge in [-0.1, -0.05) is 12.1 Å². The molecule has 0 saturated heterocycles. The summed E-state index contributed by atoms with van der Waals surface area (Å²) < 4.78 is 1.35. The largest absolute Gasteiger partial charge is 0.339 e. The number of carbonyl (C=O) groups excluding carboxylic acids is 2. The number of amides is 2. The molecule has 0 bridgehead atoms. The fourth-order valence-corrected chi connectivity index (χ4v) is 2.96. The summed E-state index contributed by atoms with van der Waals surface area (Å²) in [7, 11) is 0. The van der Waals surface area contributed by atoms with E-state index in [1.54, 1.807) is 41.4 Å². The lowest BCUT2D eigenvalue weighted by Crippen LogP contribution is -2.30. The number of carbonyl (C=O) groups is 2. The van der Waals surface area contributed by atoms with E-state index in [0.29, 0.717) is 30.0 Å². The highest BCUT2D eigenvalue weighted by Crippen LogP contribution is 2.14. The van der Waals surface area contributed by atoms with E-state index in [-0.39, 0.29) is 11.5 Å². The fraction of sp³-hybridized carbons (Fsp3) is 0.238. The van der Waals surface area contributed by atoms with Crippen LogP contribution in [0.4, 0.5) is 5.69 Å². The van der Waals surface area contributed by atoms with E-state index in [2.05, 4.69) is 10.3 Å². The number of benzene rings is 1. The zero-order valence-electron chi connectivity index (χ0n) is 16.1. The number of aryl methyl sites for hydroxylation is 1. The molecule has 2 heterocycles. The van der Waals surface area contributed by atoms with Gasteiger partial charge in [-0.3, -0.25) is 18.8 Å². The van der Waals surface area contributed by atoms with Crippen LogP contribution in [-0.4, -0.2) is 39.2 Å². The van der Waals surface area contributed by atoms with Crippen LogP contribution in [0.25, 0.3) is 5.65 Å². The third-order valence-electron chi connectivity index (χ3n) is 4.51. The standard InChI is InChI=1S/C21H22N4O3/c1-4-24(5-2)20(27)15-7-6-8-16(11-15)23-19(26)17-12-22-18-10-9-14(3)13-25(18)21(17)28/h6-13H,4-5H2,1-3H3,(H,23,26). The number of aromatic nitrogens is 2. The summed E-state index contributed by atoms with van der Waals surface area (Å²) in [5.41, 5.74) is 1.77. The molecule has 0 aliphatic carbocycles. The number of rotatable bonds is 5. The summed E-state index contributed by atoms with van der Waals surface area (Å²) in [5.74, 6) is -0.676. The molecular formula is C21H22N4O3. The van der Waals surface area contributed by atoms with E-state index in [1.165, 1.54) is 10.6 Å². The van der Waals surface area contributed by atoms with Gasteiger partial charge in [0.2, 0.25) is 0 Å². The van der Waals surface area contributed by atoms with Gasteiger partial charge in [0.1, 0.15) is 11.2 Å². The first-order valence-corrected chi connectivity index (χ1v) is 9.13. The first kappa shape index (κ1) is 19.3. The van der Waals surface area contributed by atoms with E-state index in [9.17, 15) is 14.4 Å². The molecular weight excluding hydrogens is 356 g/mol. The molecule has 28 heavy (non-hydrogen) atoms. The smallest absolute Gasteiger partial charge is 0.270 e. The molecule has 1 aromatic carbocycles. The van der Waals surface area contributed by atoms with Crippen molar-refractivity contribution in [2.24, 2.45) is 0 Å². The Morgan fingerprint density at radius 3 is 2.61 bits per heavy atom. The Morgan fingerprint density at radius 2 is 1.89 bits per heavy atom. The molecule has 144 valence electrons. The van der Waals surface area contributed by atoms with Crippen molar-refractivity contribution in [1.29, 1.82) is 0 Å². The van der Waals surface area contributed by atoms with Crippen LogP contribution in [0.15, 0.2) is 53.6 Å². The Balaban J connectivity index is 1.89. The molecule has 2 aromatic heterocycles. The van der Waals surface area contributed by atoms with Gasteiger partial charge in [0.05, 0.1) is 0 Å². The summed E-state index contributed by atoms with van der Waals surface area (Å²) in [6.07, 6.45) is 2.91. The monoisotopic (exact) mass is 378 g/mol. The maximum Gasteiger partial charge on any atom is 0.270 e. The second kappa shape index (κ2) is 8.04. The number of anilines is 1. The van der Waals surface area contributed by atoms with E-state index in [1.807, 2.05) is 26.8 Å². The van der Waals surface area contributed by atoms with Crippen molar-refractivity contribution in [3.05, 3.63) is 75.8 Å². The lowest BCUT2D eigenvalue weighted by atomic mass is 10.1.